The Balaban J connectivity index is 1.51. The highest BCUT2D eigenvalue weighted by molar-refractivity contribution is 5.77. The van der Waals surface area contributed by atoms with E-state index in [1.165, 1.54) is 0 Å². The average Bonchev–Trinajstić information content (AvgIpc) is 3.19. The lowest BCUT2D eigenvalue weighted by molar-refractivity contribution is -0.122. The van der Waals surface area contributed by atoms with Gasteiger partial charge in [-0.1, -0.05) is 48.5 Å². The third-order valence-corrected chi connectivity index (χ3v) is 4.76. The lowest BCUT2D eigenvalue weighted by Gasteiger charge is -2.23. The number of aromatic nitrogens is 2. The molecular weight excluding hydrogens is 352 g/mol. The quantitative estimate of drug-likeness (QED) is 0.694. The number of carbonyl (C=O) groups is 1. The first kappa shape index (κ1) is 18.4. The van der Waals surface area contributed by atoms with Crippen molar-refractivity contribution < 1.29 is 9.53 Å². The maximum absolute atomic E-state index is 12.4. The summed E-state index contributed by atoms with van der Waals surface area (Å²) in [5.41, 5.74) is 3.88. The summed E-state index contributed by atoms with van der Waals surface area (Å²) in [6, 6.07) is 20.1. The van der Waals surface area contributed by atoms with E-state index in [-0.39, 0.29) is 11.9 Å². The van der Waals surface area contributed by atoms with Gasteiger partial charge in [0.05, 0.1) is 24.6 Å². The summed E-state index contributed by atoms with van der Waals surface area (Å²) in [6.07, 6.45) is 2.40. The molecule has 0 aliphatic carbocycles. The molecule has 0 spiro atoms. The van der Waals surface area contributed by atoms with Gasteiger partial charge in [-0.3, -0.25) is 4.79 Å². The summed E-state index contributed by atoms with van der Waals surface area (Å²) < 4.78 is 7.28. The van der Waals surface area contributed by atoms with Gasteiger partial charge in [0.1, 0.15) is 0 Å². The van der Waals surface area contributed by atoms with Crippen LogP contribution < -0.4 is 10.6 Å². The molecule has 1 aromatic heterocycles. The van der Waals surface area contributed by atoms with E-state index in [0.29, 0.717) is 26.2 Å². The van der Waals surface area contributed by atoms with Gasteiger partial charge in [0.2, 0.25) is 5.91 Å². The highest BCUT2D eigenvalue weighted by Gasteiger charge is 2.18. The SMILES string of the molecule is O=C(CC1COCCN1)NCc1cn(-c2ccccc2)nc1-c1ccccc1. The third-order valence-electron chi connectivity index (χ3n) is 4.76. The molecule has 1 aliphatic rings. The number of para-hydroxylation sites is 1. The first-order valence-corrected chi connectivity index (χ1v) is 9.57. The van der Waals surface area contributed by atoms with Gasteiger partial charge in [-0.25, -0.2) is 4.68 Å². The molecular formula is C22H24N4O2. The maximum Gasteiger partial charge on any atom is 0.221 e. The van der Waals surface area contributed by atoms with Crippen LogP contribution in [-0.4, -0.2) is 41.5 Å². The zero-order valence-corrected chi connectivity index (χ0v) is 15.7. The van der Waals surface area contributed by atoms with Crippen LogP contribution in [0.2, 0.25) is 0 Å². The van der Waals surface area contributed by atoms with Crippen LogP contribution in [-0.2, 0) is 16.1 Å². The van der Waals surface area contributed by atoms with Gasteiger partial charge >= 0.3 is 0 Å². The zero-order chi connectivity index (χ0) is 19.2. The van der Waals surface area contributed by atoms with Crippen LogP contribution in [0.15, 0.2) is 66.9 Å². The van der Waals surface area contributed by atoms with Crippen molar-refractivity contribution in [1.82, 2.24) is 20.4 Å². The second-order valence-corrected chi connectivity index (χ2v) is 6.86. The molecule has 1 unspecified atom stereocenters. The van der Waals surface area contributed by atoms with Gasteiger partial charge in [-0.05, 0) is 12.1 Å². The van der Waals surface area contributed by atoms with Crippen molar-refractivity contribution in [2.45, 2.75) is 19.0 Å². The smallest absolute Gasteiger partial charge is 0.221 e. The third kappa shape index (κ3) is 4.47. The molecule has 1 amide bonds. The average molecular weight is 376 g/mol. The van der Waals surface area contributed by atoms with Crippen molar-refractivity contribution in [3.05, 3.63) is 72.4 Å². The van der Waals surface area contributed by atoms with Crippen LogP contribution in [0, 0.1) is 0 Å². The monoisotopic (exact) mass is 376 g/mol. The van der Waals surface area contributed by atoms with Crippen LogP contribution >= 0.6 is 0 Å². The molecule has 1 saturated heterocycles. The van der Waals surface area contributed by atoms with Crippen molar-refractivity contribution in [2.24, 2.45) is 0 Å². The summed E-state index contributed by atoms with van der Waals surface area (Å²) >= 11 is 0. The molecule has 2 aromatic carbocycles. The summed E-state index contributed by atoms with van der Waals surface area (Å²) in [5, 5.41) is 11.1. The van der Waals surface area contributed by atoms with Crippen LogP contribution in [0.4, 0.5) is 0 Å². The summed E-state index contributed by atoms with van der Waals surface area (Å²) in [4.78, 5) is 12.4. The minimum absolute atomic E-state index is 0.00877. The predicted molar refractivity (Wildman–Crippen MR) is 108 cm³/mol. The molecule has 2 heterocycles. The first-order valence-electron chi connectivity index (χ1n) is 9.57. The Hall–Kier alpha value is -2.96. The summed E-state index contributed by atoms with van der Waals surface area (Å²) in [5.74, 6) is 0.00877. The van der Waals surface area contributed by atoms with Crippen molar-refractivity contribution >= 4 is 5.91 Å². The molecule has 0 bridgehead atoms. The number of carbonyl (C=O) groups excluding carboxylic acids is 1. The number of morpholine rings is 1. The van der Waals surface area contributed by atoms with Crippen LogP contribution in [0.25, 0.3) is 16.9 Å². The van der Waals surface area contributed by atoms with E-state index in [2.05, 4.69) is 10.6 Å². The minimum Gasteiger partial charge on any atom is -0.378 e. The fourth-order valence-corrected chi connectivity index (χ4v) is 3.33. The van der Waals surface area contributed by atoms with E-state index < -0.39 is 0 Å². The molecule has 28 heavy (non-hydrogen) atoms. The van der Waals surface area contributed by atoms with Gasteiger partial charge in [0.15, 0.2) is 0 Å². The standard InChI is InChI=1S/C22H24N4O2/c27-21(13-19-16-28-12-11-23-19)24-14-18-15-26(20-9-5-2-6-10-20)25-22(18)17-7-3-1-4-8-17/h1-10,15,19,23H,11-14,16H2,(H,24,27). The molecule has 1 fully saturated rings. The lowest BCUT2D eigenvalue weighted by Crippen LogP contribution is -2.44. The Morgan fingerprint density at radius 1 is 1.14 bits per heavy atom. The van der Waals surface area contributed by atoms with E-state index in [0.717, 1.165) is 29.1 Å². The zero-order valence-electron chi connectivity index (χ0n) is 15.7. The van der Waals surface area contributed by atoms with E-state index in [4.69, 9.17) is 9.84 Å². The Morgan fingerprint density at radius 2 is 1.89 bits per heavy atom. The van der Waals surface area contributed by atoms with Gasteiger partial charge in [0, 0.05) is 42.9 Å². The number of hydrogen-bond acceptors (Lipinski definition) is 4. The molecule has 0 saturated carbocycles. The fraction of sp³-hybridized carbons (Fsp3) is 0.273. The van der Waals surface area contributed by atoms with Crippen molar-refractivity contribution in [3.63, 3.8) is 0 Å². The van der Waals surface area contributed by atoms with E-state index in [1.807, 2.05) is 71.5 Å². The minimum atomic E-state index is 0.00877. The summed E-state index contributed by atoms with van der Waals surface area (Å²) in [7, 11) is 0. The molecule has 0 radical (unpaired) electrons. The van der Waals surface area contributed by atoms with Gasteiger partial charge in [-0.15, -0.1) is 0 Å². The van der Waals surface area contributed by atoms with Crippen LogP contribution in [0.3, 0.4) is 0 Å². The molecule has 3 aromatic rings. The van der Waals surface area contributed by atoms with E-state index in [9.17, 15) is 4.79 Å². The Morgan fingerprint density at radius 3 is 2.61 bits per heavy atom. The molecule has 4 rings (SSSR count). The second kappa shape index (κ2) is 8.82. The fourth-order valence-electron chi connectivity index (χ4n) is 3.33. The van der Waals surface area contributed by atoms with Gasteiger partial charge in [0.25, 0.3) is 0 Å². The molecule has 1 atom stereocenters. The largest absolute Gasteiger partial charge is 0.378 e. The van der Waals surface area contributed by atoms with Crippen molar-refractivity contribution in [1.29, 1.82) is 0 Å². The molecule has 144 valence electrons. The maximum atomic E-state index is 12.4. The number of rotatable bonds is 6. The predicted octanol–water partition coefficient (Wildman–Crippen LogP) is 2.53. The topological polar surface area (TPSA) is 68.2 Å². The Bertz CT molecular complexity index is 903. The molecule has 1 aliphatic heterocycles. The van der Waals surface area contributed by atoms with E-state index >= 15 is 0 Å². The van der Waals surface area contributed by atoms with Crippen LogP contribution in [0.5, 0.6) is 0 Å². The number of amides is 1. The van der Waals surface area contributed by atoms with Gasteiger partial charge < -0.3 is 15.4 Å². The van der Waals surface area contributed by atoms with Crippen LogP contribution in [0.1, 0.15) is 12.0 Å². The molecule has 6 heteroatoms. The lowest BCUT2D eigenvalue weighted by atomic mass is 10.1. The van der Waals surface area contributed by atoms with E-state index in [1.54, 1.807) is 0 Å². The van der Waals surface area contributed by atoms with Crippen molar-refractivity contribution in [2.75, 3.05) is 19.8 Å². The number of nitrogens with zero attached hydrogens (tertiary/aromatic N) is 2. The van der Waals surface area contributed by atoms with Crippen molar-refractivity contribution in [3.8, 4) is 16.9 Å². The first-order chi connectivity index (χ1) is 13.8. The Labute approximate surface area is 164 Å². The van der Waals surface area contributed by atoms with Gasteiger partial charge in [-0.2, -0.15) is 5.10 Å². The second-order valence-electron chi connectivity index (χ2n) is 6.86. The number of nitrogens with one attached hydrogen (secondary N) is 2. The normalized spacial score (nSPS) is 16.6. The highest BCUT2D eigenvalue weighted by Crippen LogP contribution is 2.23. The molecule has 6 nitrogen and oxygen atoms in total. The Kier molecular flexibility index (Phi) is 5.80. The number of benzene rings is 2. The summed E-state index contributed by atoms with van der Waals surface area (Å²) in [6.45, 7) is 2.51. The number of ether oxygens (including phenoxy) is 1. The number of hydrogen-bond donors (Lipinski definition) is 2. The molecule has 2 N–H and O–H groups in total. The highest BCUT2D eigenvalue weighted by atomic mass is 16.5.